The average Bonchev–Trinajstić information content (AvgIpc) is 2.70. The van der Waals surface area contributed by atoms with Gasteiger partial charge in [0.15, 0.2) is 0 Å². The summed E-state index contributed by atoms with van der Waals surface area (Å²) in [6.45, 7) is 1.29. The molecule has 1 aromatic heterocycles. The predicted octanol–water partition coefficient (Wildman–Crippen LogP) is 2.99. The summed E-state index contributed by atoms with van der Waals surface area (Å²) >= 11 is 6.26. The van der Waals surface area contributed by atoms with E-state index in [1.54, 1.807) is 25.4 Å². The van der Waals surface area contributed by atoms with Gasteiger partial charge in [-0.25, -0.2) is 0 Å². The van der Waals surface area contributed by atoms with Crippen LogP contribution in [-0.4, -0.2) is 24.2 Å². The molecule has 27 heavy (non-hydrogen) atoms. The number of carbonyl (C=O) groups is 1. The maximum atomic E-state index is 12.9. The van der Waals surface area contributed by atoms with Crippen molar-refractivity contribution >= 4 is 28.4 Å². The molecule has 0 radical (unpaired) electrons. The maximum absolute atomic E-state index is 12.9. The van der Waals surface area contributed by atoms with Crippen LogP contribution in [0.4, 0.5) is 0 Å². The number of nitrogens with one attached hydrogen (secondary N) is 1. The largest absolute Gasteiger partial charge is 0.497 e. The molecule has 0 bridgehead atoms. The Morgan fingerprint density at radius 1 is 1.33 bits per heavy atom. The van der Waals surface area contributed by atoms with Gasteiger partial charge < -0.3 is 19.4 Å². The molecule has 4 rings (SSSR count). The van der Waals surface area contributed by atoms with Gasteiger partial charge in [0.2, 0.25) is 5.43 Å². The van der Waals surface area contributed by atoms with E-state index in [-0.39, 0.29) is 12.1 Å². The van der Waals surface area contributed by atoms with Gasteiger partial charge >= 0.3 is 0 Å². The van der Waals surface area contributed by atoms with E-state index in [2.05, 4.69) is 5.32 Å². The molecule has 0 saturated carbocycles. The van der Waals surface area contributed by atoms with Gasteiger partial charge in [0.05, 0.1) is 29.6 Å². The van der Waals surface area contributed by atoms with Crippen molar-refractivity contribution in [2.45, 2.75) is 13.1 Å². The van der Waals surface area contributed by atoms with Crippen molar-refractivity contribution in [3.63, 3.8) is 0 Å². The molecule has 1 aliphatic rings. The summed E-state index contributed by atoms with van der Waals surface area (Å²) in [6, 6.07) is 10.7. The molecule has 6 nitrogen and oxygen atoms in total. The van der Waals surface area contributed by atoms with E-state index in [0.29, 0.717) is 40.6 Å². The van der Waals surface area contributed by atoms with Gasteiger partial charge in [-0.2, -0.15) is 0 Å². The van der Waals surface area contributed by atoms with Crippen LogP contribution in [0.1, 0.15) is 15.9 Å². The predicted molar refractivity (Wildman–Crippen MR) is 103 cm³/mol. The fourth-order valence-corrected chi connectivity index (χ4v) is 3.47. The molecule has 0 fully saturated rings. The Morgan fingerprint density at radius 2 is 2.19 bits per heavy atom. The number of rotatable bonds is 4. The van der Waals surface area contributed by atoms with Crippen molar-refractivity contribution in [1.82, 2.24) is 9.88 Å². The lowest BCUT2D eigenvalue weighted by Crippen LogP contribution is -2.31. The van der Waals surface area contributed by atoms with E-state index in [9.17, 15) is 9.59 Å². The molecule has 138 valence electrons. The number of benzene rings is 2. The standard InChI is InChI=1S/C20H17ClN2O4/c1-26-13-4-2-3-12(9-13)10-22-20(25)14-11-23-7-8-27-16-6-5-15(21)17(18(16)23)19(14)24/h2-6,9,11H,7-8,10H2,1H3,(H,22,25). The summed E-state index contributed by atoms with van der Waals surface area (Å²) in [7, 11) is 1.58. The van der Waals surface area contributed by atoms with E-state index >= 15 is 0 Å². The number of nitrogens with zero attached hydrogens (tertiary/aromatic N) is 1. The monoisotopic (exact) mass is 384 g/mol. The summed E-state index contributed by atoms with van der Waals surface area (Å²) in [5.41, 5.74) is 1.16. The lowest BCUT2D eigenvalue weighted by atomic mass is 10.1. The van der Waals surface area contributed by atoms with E-state index < -0.39 is 11.3 Å². The van der Waals surface area contributed by atoms with Crippen LogP contribution in [0.15, 0.2) is 47.4 Å². The Kier molecular flexibility index (Phi) is 4.49. The number of hydrogen-bond donors (Lipinski definition) is 1. The third-order valence-corrected chi connectivity index (χ3v) is 4.87. The second kappa shape index (κ2) is 6.96. The first-order chi connectivity index (χ1) is 13.1. The van der Waals surface area contributed by atoms with Gasteiger partial charge in [0.25, 0.3) is 5.91 Å². The third-order valence-electron chi connectivity index (χ3n) is 4.56. The molecule has 2 heterocycles. The number of ether oxygens (including phenoxy) is 2. The highest BCUT2D eigenvalue weighted by Gasteiger charge is 2.22. The molecule has 7 heteroatoms. The zero-order valence-electron chi connectivity index (χ0n) is 14.6. The van der Waals surface area contributed by atoms with E-state index in [4.69, 9.17) is 21.1 Å². The Bertz CT molecular complexity index is 1110. The Balaban J connectivity index is 1.69. The topological polar surface area (TPSA) is 69.6 Å². The normalized spacial score (nSPS) is 12.5. The van der Waals surface area contributed by atoms with Gasteiger partial charge in [-0.15, -0.1) is 0 Å². The van der Waals surface area contributed by atoms with Crippen molar-refractivity contribution in [1.29, 1.82) is 0 Å². The van der Waals surface area contributed by atoms with E-state index in [1.807, 2.05) is 28.8 Å². The van der Waals surface area contributed by atoms with Crippen LogP contribution < -0.4 is 20.2 Å². The quantitative estimate of drug-likeness (QED) is 0.750. The Hall–Kier alpha value is -2.99. The van der Waals surface area contributed by atoms with Crippen LogP contribution in [0.25, 0.3) is 10.9 Å². The fourth-order valence-electron chi connectivity index (χ4n) is 3.23. The molecular formula is C20H17ClN2O4. The molecule has 1 aliphatic heterocycles. The second-order valence-corrected chi connectivity index (χ2v) is 6.62. The van der Waals surface area contributed by atoms with E-state index in [1.165, 1.54) is 0 Å². The average molecular weight is 385 g/mol. The summed E-state index contributed by atoms with van der Waals surface area (Å²) < 4.78 is 12.6. The number of carbonyl (C=O) groups excluding carboxylic acids is 1. The zero-order valence-corrected chi connectivity index (χ0v) is 15.4. The van der Waals surface area contributed by atoms with Crippen LogP contribution in [0.2, 0.25) is 5.02 Å². The van der Waals surface area contributed by atoms with Crippen LogP contribution in [0.3, 0.4) is 0 Å². The third kappa shape index (κ3) is 3.13. The summed E-state index contributed by atoms with van der Waals surface area (Å²) in [5.74, 6) is 0.860. The number of amides is 1. The molecular weight excluding hydrogens is 368 g/mol. The van der Waals surface area contributed by atoms with E-state index in [0.717, 1.165) is 5.56 Å². The highest BCUT2D eigenvalue weighted by atomic mass is 35.5. The molecule has 1 amide bonds. The minimum Gasteiger partial charge on any atom is -0.497 e. The molecule has 0 atom stereocenters. The highest BCUT2D eigenvalue weighted by molar-refractivity contribution is 6.35. The van der Waals surface area contributed by atoms with Gasteiger partial charge in [0, 0.05) is 12.7 Å². The number of halogens is 1. The van der Waals surface area contributed by atoms with Gasteiger partial charge in [-0.05, 0) is 29.8 Å². The molecule has 0 aliphatic carbocycles. The zero-order chi connectivity index (χ0) is 19.0. The second-order valence-electron chi connectivity index (χ2n) is 6.22. The maximum Gasteiger partial charge on any atom is 0.257 e. The number of aromatic nitrogens is 1. The molecule has 1 N–H and O–H groups in total. The fraction of sp³-hybridized carbons (Fsp3) is 0.200. The number of pyridine rings is 1. The first-order valence-electron chi connectivity index (χ1n) is 8.48. The smallest absolute Gasteiger partial charge is 0.257 e. The van der Waals surface area contributed by atoms with Gasteiger partial charge in [-0.1, -0.05) is 23.7 Å². The van der Waals surface area contributed by atoms with Crippen LogP contribution in [-0.2, 0) is 13.1 Å². The summed E-state index contributed by atoms with van der Waals surface area (Å²) in [4.78, 5) is 25.6. The van der Waals surface area contributed by atoms with Gasteiger partial charge in [0.1, 0.15) is 23.7 Å². The van der Waals surface area contributed by atoms with Crippen LogP contribution >= 0.6 is 11.6 Å². The lowest BCUT2D eigenvalue weighted by molar-refractivity contribution is 0.0949. The van der Waals surface area contributed by atoms with Crippen molar-refractivity contribution in [2.75, 3.05) is 13.7 Å². The van der Waals surface area contributed by atoms with Crippen molar-refractivity contribution in [3.05, 3.63) is 69.0 Å². The summed E-state index contributed by atoms with van der Waals surface area (Å²) in [6.07, 6.45) is 1.58. The minimum atomic E-state index is -0.443. The minimum absolute atomic E-state index is 0.0614. The van der Waals surface area contributed by atoms with Crippen LogP contribution in [0.5, 0.6) is 11.5 Å². The Morgan fingerprint density at radius 3 is 3.00 bits per heavy atom. The SMILES string of the molecule is COc1cccc(CNC(=O)c2cn3c4c(ccc(Cl)c4c2=O)OCC3)c1. The molecule has 2 aromatic carbocycles. The lowest BCUT2D eigenvalue weighted by Gasteiger charge is -2.22. The molecule has 0 spiro atoms. The first kappa shape index (κ1) is 17.4. The summed E-state index contributed by atoms with van der Waals surface area (Å²) in [5, 5.41) is 3.41. The van der Waals surface area contributed by atoms with Crippen molar-refractivity contribution in [3.8, 4) is 11.5 Å². The van der Waals surface area contributed by atoms with Crippen molar-refractivity contribution < 1.29 is 14.3 Å². The molecule has 0 saturated heterocycles. The van der Waals surface area contributed by atoms with Gasteiger partial charge in [-0.3, -0.25) is 9.59 Å². The molecule has 0 unspecified atom stereocenters. The Labute approximate surface area is 160 Å². The first-order valence-corrected chi connectivity index (χ1v) is 8.86. The van der Waals surface area contributed by atoms with Crippen LogP contribution in [0, 0.1) is 0 Å². The highest BCUT2D eigenvalue weighted by Crippen LogP contribution is 2.32. The number of hydrogen-bond acceptors (Lipinski definition) is 4. The molecule has 3 aromatic rings. The number of methoxy groups -OCH3 is 1. The van der Waals surface area contributed by atoms with Crippen molar-refractivity contribution in [2.24, 2.45) is 0 Å².